The van der Waals surface area contributed by atoms with E-state index in [4.69, 9.17) is 4.98 Å². The van der Waals surface area contributed by atoms with E-state index in [9.17, 15) is 0 Å². The summed E-state index contributed by atoms with van der Waals surface area (Å²) in [6.45, 7) is 12.8. The average molecular weight is 334 g/mol. The maximum absolute atomic E-state index is 4.81. The van der Waals surface area contributed by atoms with Crippen molar-refractivity contribution < 1.29 is 0 Å². The Kier molecular flexibility index (Phi) is 4.46. The fourth-order valence-corrected chi connectivity index (χ4v) is 2.98. The second-order valence-corrected chi connectivity index (χ2v) is 7.60. The number of benzene rings is 1. The number of hydrogen-bond acceptors (Lipinski definition) is 3. The van der Waals surface area contributed by atoms with Gasteiger partial charge < -0.3 is 0 Å². The predicted octanol–water partition coefficient (Wildman–Crippen LogP) is 6.23. The molecule has 0 atom stereocenters. The molecule has 4 nitrogen and oxygen atoms in total. The van der Waals surface area contributed by atoms with Gasteiger partial charge in [-0.2, -0.15) is 0 Å². The quantitative estimate of drug-likeness (QED) is 0.524. The van der Waals surface area contributed by atoms with Crippen molar-refractivity contribution in [1.82, 2.24) is 9.38 Å². The second kappa shape index (κ2) is 6.43. The van der Waals surface area contributed by atoms with E-state index < -0.39 is 0 Å². The fourth-order valence-electron chi connectivity index (χ4n) is 2.98. The van der Waals surface area contributed by atoms with Crippen LogP contribution in [0.1, 0.15) is 50.1 Å². The summed E-state index contributed by atoms with van der Waals surface area (Å²) in [7, 11) is 0. The molecule has 1 aromatic carbocycles. The number of imidazole rings is 1. The zero-order valence-electron chi connectivity index (χ0n) is 16.0. The Morgan fingerprint density at radius 3 is 2.48 bits per heavy atom. The van der Waals surface area contributed by atoms with E-state index in [2.05, 4.69) is 82.2 Å². The van der Waals surface area contributed by atoms with Gasteiger partial charge in [0.05, 0.1) is 11.4 Å². The van der Waals surface area contributed by atoms with Crippen LogP contribution in [0, 0.1) is 13.8 Å². The SMILES string of the molecule is CCc1cccc(C)c1N=Nc1c(C(C)(C)C)nc2ccc(C)cn12. The molecule has 2 heterocycles. The van der Waals surface area contributed by atoms with Crippen LogP contribution in [0.2, 0.25) is 0 Å². The first-order chi connectivity index (χ1) is 11.8. The molecule has 0 bridgehead atoms. The van der Waals surface area contributed by atoms with Crippen molar-refractivity contribution >= 4 is 17.2 Å². The maximum atomic E-state index is 4.81. The molecule has 2 aromatic heterocycles. The molecule has 0 saturated carbocycles. The van der Waals surface area contributed by atoms with Crippen molar-refractivity contribution in [3.63, 3.8) is 0 Å². The summed E-state index contributed by atoms with van der Waals surface area (Å²) < 4.78 is 2.04. The van der Waals surface area contributed by atoms with Crippen LogP contribution in [0.4, 0.5) is 11.5 Å². The third-order valence-corrected chi connectivity index (χ3v) is 4.40. The minimum atomic E-state index is -0.104. The second-order valence-electron chi connectivity index (χ2n) is 7.60. The van der Waals surface area contributed by atoms with Gasteiger partial charge in [-0.25, -0.2) is 4.98 Å². The van der Waals surface area contributed by atoms with Gasteiger partial charge in [-0.05, 0) is 43.0 Å². The molecular formula is C21H26N4. The van der Waals surface area contributed by atoms with Crippen LogP contribution in [-0.2, 0) is 11.8 Å². The summed E-state index contributed by atoms with van der Waals surface area (Å²) >= 11 is 0. The summed E-state index contributed by atoms with van der Waals surface area (Å²) in [5.41, 5.74) is 6.27. The Balaban J connectivity index is 2.20. The highest BCUT2D eigenvalue weighted by Gasteiger charge is 2.24. The molecule has 0 N–H and O–H groups in total. The number of aryl methyl sites for hydroxylation is 3. The first-order valence-corrected chi connectivity index (χ1v) is 8.80. The number of aromatic nitrogens is 2. The minimum Gasteiger partial charge on any atom is -0.283 e. The third-order valence-electron chi connectivity index (χ3n) is 4.40. The van der Waals surface area contributed by atoms with Crippen molar-refractivity contribution in [3.05, 3.63) is 58.9 Å². The number of fused-ring (bicyclic) bond motifs is 1. The third kappa shape index (κ3) is 3.34. The van der Waals surface area contributed by atoms with Crippen molar-refractivity contribution in [1.29, 1.82) is 0 Å². The van der Waals surface area contributed by atoms with Gasteiger partial charge in [-0.1, -0.05) is 52.0 Å². The highest BCUT2D eigenvalue weighted by molar-refractivity contribution is 5.56. The van der Waals surface area contributed by atoms with Gasteiger partial charge in [0.1, 0.15) is 5.65 Å². The Labute approximate surface area is 149 Å². The molecule has 0 aliphatic heterocycles. The van der Waals surface area contributed by atoms with Crippen LogP contribution in [0.25, 0.3) is 5.65 Å². The van der Waals surface area contributed by atoms with E-state index in [1.807, 2.05) is 10.5 Å². The van der Waals surface area contributed by atoms with Crippen LogP contribution < -0.4 is 0 Å². The van der Waals surface area contributed by atoms with Gasteiger partial charge in [0.2, 0.25) is 0 Å². The maximum Gasteiger partial charge on any atom is 0.183 e. The van der Waals surface area contributed by atoms with Crippen molar-refractivity contribution in [2.75, 3.05) is 0 Å². The van der Waals surface area contributed by atoms with Crippen LogP contribution in [-0.4, -0.2) is 9.38 Å². The van der Waals surface area contributed by atoms with Crippen LogP contribution in [0.3, 0.4) is 0 Å². The number of rotatable bonds is 3. The fraction of sp³-hybridized carbons (Fsp3) is 0.381. The predicted molar refractivity (Wildman–Crippen MR) is 103 cm³/mol. The monoisotopic (exact) mass is 334 g/mol. The lowest BCUT2D eigenvalue weighted by molar-refractivity contribution is 0.574. The largest absolute Gasteiger partial charge is 0.283 e. The molecule has 0 fully saturated rings. The number of hydrogen-bond donors (Lipinski definition) is 0. The molecule has 4 heteroatoms. The number of nitrogens with zero attached hydrogens (tertiary/aromatic N) is 4. The van der Waals surface area contributed by atoms with Crippen molar-refractivity contribution in [2.24, 2.45) is 10.2 Å². The van der Waals surface area contributed by atoms with Gasteiger partial charge in [-0.3, -0.25) is 4.40 Å². The van der Waals surface area contributed by atoms with E-state index >= 15 is 0 Å². The lowest BCUT2D eigenvalue weighted by atomic mass is 9.92. The molecule has 3 aromatic rings. The summed E-state index contributed by atoms with van der Waals surface area (Å²) in [5, 5.41) is 9.30. The number of pyridine rings is 1. The van der Waals surface area contributed by atoms with Crippen molar-refractivity contribution in [2.45, 2.75) is 53.4 Å². The molecule has 0 unspecified atom stereocenters. The molecular weight excluding hydrogens is 308 g/mol. The minimum absolute atomic E-state index is 0.104. The Morgan fingerprint density at radius 2 is 1.80 bits per heavy atom. The van der Waals surface area contributed by atoms with Gasteiger partial charge in [0, 0.05) is 11.6 Å². The molecule has 0 aliphatic carbocycles. The zero-order valence-corrected chi connectivity index (χ0v) is 16.0. The Hall–Kier alpha value is -2.49. The van der Waals surface area contributed by atoms with E-state index in [0.717, 1.165) is 34.8 Å². The molecule has 130 valence electrons. The van der Waals surface area contributed by atoms with Gasteiger partial charge in [-0.15, -0.1) is 10.2 Å². The average Bonchev–Trinajstić information content (AvgIpc) is 2.91. The number of azo groups is 1. The van der Waals surface area contributed by atoms with E-state index in [1.54, 1.807) is 0 Å². The highest BCUT2D eigenvalue weighted by Crippen LogP contribution is 2.34. The molecule has 0 aliphatic rings. The lowest BCUT2D eigenvalue weighted by Crippen LogP contribution is -2.11. The molecule has 25 heavy (non-hydrogen) atoms. The smallest absolute Gasteiger partial charge is 0.183 e. The van der Waals surface area contributed by atoms with E-state index in [0.29, 0.717) is 0 Å². The van der Waals surface area contributed by atoms with Crippen molar-refractivity contribution in [3.8, 4) is 0 Å². The Bertz CT molecular complexity index is 942. The van der Waals surface area contributed by atoms with Crippen LogP contribution in [0.15, 0.2) is 46.8 Å². The normalized spacial score (nSPS) is 12.4. The van der Waals surface area contributed by atoms with Crippen LogP contribution in [0.5, 0.6) is 0 Å². The molecule has 0 spiro atoms. The first kappa shape index (κ1) is 17.3. The summed E-state index contributed by atoms with van der Waals surface area (Å²) in [4.78, 5) is 4.81. The lowest BCUT2D eigenvalue weighted by Gasteiger charge is -2.15. The van der Waals surface area contributed by atoms with E-state index in [-0.39, 0.29) is 5.41 Å². The summed E-state index contributed by atoms with van der Waals surface area (Å²) in [6, 6.07) is 10.4. The standard InChI is InChI=1S/C21H26N4/c1-7-16-10-8-9-15(3)18(16)23-24-20-19(21(4,5)6)22-17-12-11-14(2)13-25(17)20/h8-13H,7H2,1-6H3. The Morgan fingerprint density at radius 1 is 1.04 bits per heavy atom. The molecule has 0 radical (unpaired) electrons. The highest BCUT2D eigenvalue weighted by atomic mass is 15.2. The molecule has 0 amide bonds. The summed E-state index contributed by atoms with van der Waals surface area (Å²) in [6.07, 6.45) is 3.01. The first-order valence-electron chi connectivity index (χ1n) is 8.80. The van der Waals surface area contributed by atoms with Gasteiger partial charge in [0.15, 0.2) is 5.82 Å². The molecule has 0 saturated heterocycles. The van der Waals surface area contributed by atoms with Gasteiger partial charge >= 0.3 is 0 Å². The summed E-state index contributed by atoms with van der Waals surface area (Å²) in [5.74, 6) is 0.816. The topological polar surface area (TPSA) is 42.0 Å². The van der Waals surface area contributed by atoms with Crippen LogP contribution >= 0.6 is 0 Å². The van der Waals surface area contributed by atoms with Gasteiger partial charge in [0.25, 0.3) is 0 Å². The van der Waals surface area contributed by atoms with E-state index in [1.165, 1.54) is 11.1 Å². The zero-order chi connectivity index (χ0) is 18.2. The molecule has 3 rings (SSSR count).